The number of hydrogen-bond donors (Lipinski definition) is 1. The molecule has 0 radical (unpaired) electrons. The summed E-state index contributed by atoms with van der Waals surface area (Å²) >= 11 is 5.87. The molecule has 1 atom stereocenters. The van der Waals surface area contributed by atoms with Crippen molar-refractivity contribution in [2.45, 2.75) is 25.9 Å². The highest BCUT2D eigenvalue weighted by Gasteiger charge is 2.21. The first-order valence-electron chi connectivity index (χ1n) is 5.85. The van der Waals surface area contributed by atoms with E-state index in [-0.39, 0.29) is 6.79 Å². The van der Waals surface area contributed by atoms with Gasteiger partial charge in [0.2, 0.25) is 0 Å². The standard InChI is InChI=1S/C13H17ClO3/c1-9(15)12-6-11(14)4-5-13(12)17-8-16-7-10-2-3-10/h4-6,9-10,15H,2-3,7-8H2,1H3/t9-/m1/s1. The van der Waals surface area contributed by atoms with Crippen molar-refractivity contribution in [3.8, 4) is 5.75 Å². The highest BCUT2D eigenvalue weighted by molar-refractivity contribution is 6.30. The molecule has 1 aromatic carbocycles. The van der Waals surface area contributed by atoms with E-state index in [4.69, 9.17) is 21.1 Å². The molecular weight excluding hydrogens is 240 g/mol. The van der Waals surface area contributed by atoms with Gasteiger partial charge in [0.05, 0.1) is 12.7 Å². The maximum absolute atomic E-state index is 9.60. The van der Waals surface area contributed by atoms with Crippen molar-refractivity contribution >= 4 is 11.6 Å². The fourth-order valence-corrected chi connectivity index (χ4v) is 1.76. The molecule has 0 heterocycles. The second-order valence-electron chi connectivity index (χ2n) is 4.43. The van der Waals surface area contributed by atoms with Crippen LogP contribution in [0.5, 0.6) is 5.75 Å². The van der Waals surface area contributed by atoms with Gasteiger partial charge in [0.1, 0.15) is 5.75 Å². The van der Waals surface area contributed by atoms with Gasteiger partial charge in [0.15, 0.2) is 6.79 Å². The van der Waals surface area contributed by atoms with Crippen LogP contribution in [0.2, 0.25) is 5.02 Å². The van der Waals surface area contributed by atoms with Gasteiger partial charge in [0, 0.05) is 10.6 Å². The first kappa shape index (κ1) is 12.7. The third kappa shape index (κ3) is 3.87. The Hall–Kier alpha value is -0.770. The summed E-state index contributed by atoms with van der Waals surface area (Å²) in [7, 11) is 0. The average Bonchev–Trinajstić information content (AvgIpc) is 3.09. The fourth-order valence-electron chi connectivity index (χ4n) is 1.58. The van der Waals surface area contributed by atoms with Crippen LogP contribution in [0.1, 0.15) is 31.4 Å². The molecule has 4 heteroatoms. The van der Waals surface area contributed by atoms with Gasteiger partial charge >= 0.3 is 0 Å². The van der Waals surface area contributed by atoms with Gasteiger partial charge in [-0.3, -0.25) is 0 Å². The van der Waals surface area contributed by atoms with Crippen LogP contribution in [0.3, 0.4) is 0 Å². The van der Waals surface area contributed by atoms with E-state index in [1.165, 1.54) is 12.8 Å². The van der Waals surface area contributed by atoms with Gasteiger partial charge in [-0.1, -0.05) is 11.6 Å². The normalized spacial score (nSPS) is 16.9. The lowest BCUT2D eigenvalue weighted by Crippen LogP contribution is -2.07. The summed E-state index contributed by atoms with van der Waals surface area (Å²) < 4.78 is 10.9. The zero-order valence-corrected chi connectivity index (χ0v) is 10.6. The third-order valence-corrected chi connectivity index (χ3v) is 3.01. The zero-order chi connectivity index (χ0) is 12.3. The number of rotatable bonds is 6. The number of aliphatic hydroxyl groups excluding tert-OH is 1. The van der Waals surface area contributed by atoms with Crippen molar-refractivity contribution in [2.75, 3.05) is 13.4 Å². The highest BCUT2D eigenvalue weighted by atomic mass is 35.5. The minimum Gasteiger partial charge on any atom is -0.467 e. The van der Waals surface area contributed by atoms with Crippen LogP contribution >= 0.6 is 11.6 Å². The van der Waals surface area contributed by atoms with Crippen LogP contribution in [0, 0.1) is 5.92 Å². The van der Waals surface area contributed by atoms with E-state index in [9.17, 15) is 5.11 Å². The molecule has 1 aliphatic rings. The Kier molecular flexibility index (Phi) is 4.26. The summed E-state index contributed by atoms with van der Waals surface area (Å²) in [4.78, 5) is 0. The maximum atomic E-state index is 9.60. The summed E-state index contributed by atoms with van der Waals surface area (Å²) in [5, 5.41) is 10.2. The number of ether oxygens (including phenoxy) is 2. The largest absolute Gasteiger partial charge is 0.467 e. The van der Waals surface area contributed by atoms with Crippen molar-refractivity contribution in [3.63, 3.8) is 0 Å². The third-order valence-electron chi connectivity index (χ3n) is 2.77. The Balaban J connectivity index is 1.89. The molecule has 0 spiro atoms. The Morgan fingerprint density at radius 3 is 2.88 bits per heavy atom. The van der Waals surface area contributed by atoms with Gasteiger partial charge in [-0.05, 0) is 43.9 Å². The van der Waals surface area contributed by atoms with Gasteiger partial charge in [-0.15, -0.1) is 0 Å². The molecule has 1 aliphatic carbocycles. The van der Waals surface area contributed by atoms with Crippen LogP contribution in [0.15, 0.2) is 18.2 Å². The van der Waals surface area contributed by atoms with Gasteiger partial charge in [-0.25, -0.2) is 0 Å². The van der Waals surface area contributed by atoms with E-state index in [0.29, 0.717) is 16.3 Å². The molecule has 0 amide bonds. The molecule has 0 bridgehead atoms. The molecule has 1 saturated carbocycles. The SMILES string of the molecule is C[C@@H](O)c1cc(Cl)ccc1OCOCC1CC1. The van der Waals surface area contributed by atoms with Crippen molar-refractivity contribution in [1.82, 2.24) is 0 Å². The van der Waals surface area contributed by atoms with Crippen LogP contribution < -0.4 is 4.74 Å². The molecule has 2 rings (SSSR count). The van der Waals surface area contributed by atoms with E-state index in [2.05, 4.69) is 0 Å². The predicted octanol–water partition coefficient (Wildman–Crippen LogP) is 3.16. The van der Waals surface area contributed by atoms with Gasteiger partial charge in [-0.2, -0.15) is 0 Å². The lowest BCUT2D eigenvalue weighted by molar-refractivity contribution is 0.00831. The van der Waals surface area contributed by atoms with Crippen LogP contribution in [0.25, 0.3) is 0 Å². The molecule has 0 saturated heterocycles. The smallest absolute Gasteiger partial charge is 0.189 e. The second-order valence-corrected chi connectivity index (χ2v) is 4.87. The highest BCUT2D eigenvalue weighted by Crippen LogP contribution is 2.30. The first-order chi connectivity index (χ1) is 8.16. The topological polar surface area (TPSA) is 38.7 Å². The van der Waals surface area contributed by atoms with Gasteiger partial charge < -0.3 is 14.6 Å². The van der Waals surface area contributed by atoms with Crippen LogP contribution in [0.4, 0.5) is 0 Å². The molecular formula is C13H17ClO3. The second kappa shape index (κ2) is 5.71. The number of aliphatic hydroxyl groups is 1. The minimum atomic E-state index is -0.605. The summed E-state index contributed by atoms with van der Waals surface area (Å²) in [5.41, 5.74) is 0.688. The van der Waals surface area contributed by atoms with E-state index < -0.39 is 6.10 Å². The van der Waals surface area contributed by atoms with E-state index in [0.717, 1.165) is 12.5 Å². The first-order valence-corrected chi connectivity index (χ1v) is 6.22. The molecule has 0 aromatic heterocycles. The number of halogens is 1. The molecule has 94 valence electrons. The summed E-state index contributed by atoms with van der Waals surface area (Å²) in [6.45, 7) is 2.67. The van der Waals surface area contributed by atoms with Crippen molar-refractivity contribution in [1.29, 1.82) is 0 Å². The monoisotopic (exact) mass is 256 g/mol. The maximum Gasteiger partial charge on any atom is 0.189 e. The number of benzene rings is 1. The lowest BCUT2D eigenvalue weighted by atomic mass is 10.1. The minimum absolute atomic E-state index is 0.220. The predicted molar refractivity (Wildman–Crippen MR) is 66.3 cm³/mol. The van der Waals surface area contributed by atoms with E-state index in [1.54, 1.807) is 25.1 Å². The Bertz CT molecular complexity index is 375. The van der Waals surface area contributed by atoms with Crippen molar-refractivity contribution in [2.24, 2.45) is 5.92 Å². The molecule has 0 unspecified atom stereocenters. The molecule has 3 nitrogen and oxygen atoms in total. The molecule has 0 aliphatic heterocycles. The average molecular weight is 257 g/mol. The number of hydrogen-bond acceptors (Lipinski definition) is 3. The summed E-state index contributed by atoms with van der Waals surface area (Å²) in [6.07, 6.45) is 1.92. The van der Waals surface area contributed by atoms with Crippen LogP contribution in [-0.2, 0) is 4.74 Å². The summed E-state index contributed by atoms with van der Waals surface area (Å²) in [6, 6.07) is 5.21. The van der Waals surface area contributed by atoms with Crippen molar-refractivity contribution < 1.29 is 14.6 Å². The molecule has 1 N–H and O–H groups in total. The molecule has 17 heavy (non-hydrogen) atoms. The Labute approximate surface area is 106 Å². The summed E-state index contributed by atoms with van der Waals surface area (Å²) in [5.74, 6) is 1.35. The van der Waals surface area contributed by atoms with Gasteiger partial charge in [0.25, 0.3) is 0 Å². The molecule has 1 fully saturated rings. The van der Waals surface area contributed by atoms with Crippen LogP contribution in [-0.4, -0.2) is 18.5 Å². The quantitative estimate of drug-likeness (QED) is 0.628. The Morgan fingerprint density at radius 2 is 2.24 bits per heavy atom. The van der Waals surface area contributed by atoms with E-state index in [1.807, 2.05) is 0 Å². The Morgan fingerprint density at radius 1 is 1.47 bits per heavy atom. The molecule has 1 aromatic rings. The fraction of sp³-hybridized carbons (Fsp3) is 0.538. The lowest BCUT2D eigenvalue weighted by Gasteiger charge is -2.13. The zero-order valence-electron chi connectivity index (χ0n) is 9.86. The van der Waals surface area contributed by atoms with Crippen molar-refractivity contribution in [3.05, 3.63) is 28.8 Å². The van der Waals surface area contributed by atoms with E-state index >= 15 is 0 Å².